The summed E-state index contributed by atoms with van der Waals surface area (Å²) in [5.74, 6) is -0.420. The molecule has 2 heterocycles. The van der Waals surface area contributed by atoms with Crippen LogP contribution in [0.4, 0.5) is 0 Å². The highest BCUT2D eigenvalue weighted by molar-refractivity contribution is 5.85. The molecule has 1 saturated heterocycles. The van der Waals surface area contributed by atoms with Crippen LogP contribution in [0, 0.1) is 28.6 Å². The molecular weight excluding hydrogens is 504 g/mol. The van der Waals surface area contributed by atoms with Crippen molar-refractivity contribution in [3.63, 3.8) is 0 Å². The molecule has 39 heavy (non-hydrogen) atoms. The number of esters is 1. The van der Waals surface area contributed by atoms with E-state index in [0.717, 1.165) is 31.1 Å². The smallest absolute Gasteiger partial charge is 0.331 e. The second-order valence-corrected chi connectivity index (χ2v) is 13.5. The standard InChI is InChI=1S/C30H44O9/c1-17-26(33)23(36-3)13-25(38-17)39-19-4-9-28(16-31)21-5-8-27(2)20(18-12-24(32)37-15-18)7-11-30(27,35)22(21)6-10-29(28,34)14-19/h12,16-17,19-23,25-26,33-35H,4-11,13-15H2,1-3H3/t17-,19-,20+,21-,22+,23-,25+,26-,27-,28-,29+,30-/m1/s1. The van der Waals surface area contributed by atoms with Crippen LogP contribution < -0.4 is 0 Å². The molecule has 0 aromatic heterocycles. The topological polar surface area (TPSA) is 132 Å². The van der Waals surface area contributed by atoms with E-state index in [1.54, 1.807) is 20.1 Å². The molecule has 0 radical (unpaired) electrons. The minimum atomic E-state index is -1.21. The molecule has 12 atom stereocenters. The van der Waals surface area contributed by atoms with Crippen molar-refractivity contribution in [1.82, 2.24) is 0 Å². The van der Waals surface area contributed by atoms with Gasteiger partial charge < -0.3 is 39.1 Å². The summed E-state index contributed by atoms with van der Waals surface area (Å²) in [6, 6.07) is 0. The fraction of sp³-hybridized carbons (Fsp3) is 0.867. The lowest BCUT2D eigenvalue weighted by Crippen LogP contribution is -2.69. The van der Waals surface area contributed by atoms with Crippen LogP contribution in [0.3, 0.4) is 0 Å². The van der Waals surface area contributed by atoms with E-state index in [-0.39, 0.29) is 35.9 Å². The average Bonchev–Trinajstić information content (AvgIpc) is 3.45. The van der Waals surface area contributed by atoms with Crippen molar-refractivity contribution >= 4 is 12.3 Å². The quantitative estimate of drug-likeness (QED) is 0.269. The summed E-state index contributed by atoms with van der Waals surface area (Å²) in [5.41, 5.74) is -2.52. The van der Waals surface area contributed by atoms with Gasteiger partial charge >= 0.3 is 5.97 Å². The van der Waals surface area contributed by atoms with Crippen LogP contribution in [0.25, 0.3) is 0 Å². The highest BCUT2D eigenvalue weighted by Crippen LogP contribution is 2.70. The molecule has 4 aliphatic carbocycles. The maximum absolute atomic E-state index is 13.0. The molecule has 3 N–H and O–H groups in total. The van der Waals surface area contributed by atoms with Crippen molar-refractivity contribution in [1.29, 1.82) is 0 Å². The number of ether oxygens (including phenoxy) is 4. The third-order valence-electron chi connectivity index (χ3n) is 12.1. The van der Waals surface area contributed by atoms with Crippen LogP contribution >= 0.6 is 0 Å². The first-order valence-electron chi connectivity index (χ1n) is 14.8. The summed E-state index contributed by atoms with van der Waals surface area (Å²) in [6.45, 7) is 4.25. The van der Waals surface area contributed by atoms with E-state index in [9.17, 15) is 24.9 Å². The molecule has 0 spiro atoms. The zero-order chi connectivity index (χ0) is 27.8. The molecule has 9 heteroatoms. The Morgan fingerprint density at radius 3 is 2.54 bits per heavy atom. The number of hydrogen-bond acceptors (Lipinski definition) is 9. The number of fused-ring (bicyclic) bond motifs is 5. The second-order valence-electron chi connectivity index (χ2n) is 13.5. The Bertz CT molecular complexity index is 1030. The zero-order valence-electron chi connectivity index (χ0n) is 23.3. The van der Waals surface area contributed by atoms with Gasteiger partial charge in [-0.2, -0.15) is 0 Å². The molecule has 6 rings (SSSR count). The fourth-order valence-electron chi connectivity index (χ4n) is 9.98. The molecule has 2 aliphatic heterocycles. The molecule has 218 valence electrons. The Morgan fingerprint density at radius 1 is 1.08 bits per heavy atom. The van der Waals surface area contributed by atoms with Crippen molar-refractivity contribution in [3.05, 3.63) is 11.6 Å². The van der Waals surface area contributed by atoms with Crippen LogP contribution in [0.1, 0.15) is 78.1 Å². The lowest BCUT2D eigenvalue weighted by molar-refractivity contribution is -0.287. The molecule has 0 aromatic carbocycles. The van der Waals surface area contributed by atoms with Crippen LogP contribution in [0.15, 0.2) is 11.6 Å². The van der Waals surface area contributed by atoms with Crippen molar-refractivity contribution < 1.29 is 43.9 Å². The first kappa shape index (κ1) is 27.8. The molecule has 9 nitrogen and oxygen atoms in total. The summed E-state index contributed by atoms with van der Waals surface area (Å²) < 4.78 is 22.9. The van der Waals surface area contributed by atoms with Crippen LogP contribution in [0.5, 0.6) is 0 Å². The van der Waals surface area contributed by atoms with E-state index in [1.165, 1.54) is 0 Å². The first-order chi connectivity index (χ1) is 18.5. The van der Waals surface area contributed by atoms with Gasteiger partial charge in [-0.3, -0.25) is 0 Å². The summed E-state index contributed by atoms with van der Waals surface area (Å²) in [5, 5.41) is 34.8. The van der Waals surface area contributed by atoms with Gasteiger partial charge in [-0.1, -0.05) is 6.92 Å². The molecule has 4 saturated carbocycles. The van der Waals surface area contributed by atoms with Crippen LogP contribution in [-0.2, 0) is 28.5 Å². The summed E-state index contributed by atoms with van der Waals surface area (Å²) in [7, 11) is 1.57. The number of aliphatic hydroxyl groups excluding tert-OH is 1. The van der Waals surface area contributed by atoms with Crippen molar-refractivity contribution in [2.24, 2.45) is 28.6 Å². The number of rotatable bonds is 5. The van der Waals surface area contributed by atoms with E-state index in [4.69, 9.17) is 18.9 Å². The lowest BCUT2D eigenvalue weighted by Gasteiger charge is -2.65. The Labute approximate surface area is 230 Å². The Hall–Kier alpha value is -1.36. The van der Waals surface area contributed by atoms with Crippen LogP contribution in [0.2, 0.25) is 0 Å². The van der Waals surface area contributed by atoms with Gasteiger partial charge in [0.2, 0.25) is 0 Å². The third-order valence-corrected chi connectivity index (χ3v) is 12.1. The van der Waals surface area contributed by atoms with Gasteiger partial charge in [-0.05, 0) is 81.6 Å². The predicted octanol–water partition coefficient (Wildman–Crippen LogP) is 2.43. The lowest BCUT2D eigenvalue weighted by atomic mass is 9.41. The van der Waals surface area contributed by atoms with Gasteiger partial charge in [-0.25, -0.2) is 4.79 Å². The SMILES string of the molecule is CO[C@@H]1C[C@H](O[C@@H]2CC[C@@]3(C=O)[C@@H]4CC[C@]5(C)[C@H](C6=CC(=O)OC6)CC[C@@]5(O)[C@H]4CC[C@]3(O)C2)O[C@H](C)[C@H]1O. The first-order valence-corrected chi connectivity index (χ1v) is 14.8. The second kappa shape index (κ2) is 9.60. The highest BCUT2D eigenvalue weighted by atomic mass is 16.7. The Kier molecular flexibility index (Phi) is 6.84. The van der Waals surface area contributed by atoms with Gasteiger partial charge in [0.25, 0.3) is 0 Å². The average molecular weight is 549 g/mol. The summed E-state index contributed by atoms with van der Waals surface area (Å²) in [4.78, 5) is 24.8. The molecule has 6 aliphatic rings. The predicted molar refractivity (Wildman–Crippen MR) is 138 cm³/mol. The number of hydrogen-bond donors (Lipinski definition) is 3. The summed E-state index contributed by atoms with van der Waals surface area (Å²) in [6.07, 6.45) is 6.10. The molecule has 0 bridgehead atoms. The normalized spacial score (nSPS) is 53.3. The van der Waals surface area contributed by atoms with Crippen molar-refractivity contribution in [3.8, 4) is 0 Å². The number of carbonyl (C=O) groups excluding carboxylic acids is 2. The van der Waals surface area contributed by atoms with E-state index >= 15 is 0 Å². The van der Waals surface area contributed by atoms with E-state index in [1.807, 2.05) is 0 Å². The van der Waals surface area contributed by atoms with Gasteiger partial charge in [0, 0.05) is 31.4 Å². The number of methoxy groups -OCH3 is 1. The minimum Gasteiger partial charge on any atom is -0.458 e. The maximum Gasteiger partial charge on any atom is 0.331 e. The highest BCUT2D eigenvalue weighted by Gasteiger charge is 2.71. The minimum absolute atomic E-state index is 0.0827. The Balaban J connectivity index is 1.21. The Morgan fingerprint density at radius 2 is 1.85 bits per heavy atom. The van der Waals surface area contributed by atoms with E-state index < -0.39 is 40.5 Å². The van der Waals surface area contributed by atoms with Crippen LogP contribution in [-0.4, -0.2) is 83.2 Å². The molecule has 0 aromatic rings. The molecular formula is C30H44O9. The zero-order valence-corrected chi connectivity index (χ0v) is 23.3. The third kappa shape index (κ3) is 3.94. The molecule has 0 amide bonds. The summed E-state index contributed by atoms with van der Waals surface area (Å²) >= 11 is 0. The largest absolute Gasteiger partial charge is 0.458 e. The maximum atomic E-state index is 13.0. The number of cyclic esters (lactones) is 1. The molecule has 5 fully saturated rings. The van der Waals surface area contributed by atoms with Gasteiger partial charge in [0.15, 0.2) is 6.29 Å². The monoisotopic (exact) mass is 548 g/mol. The fourth-order valence-corrected chi connectivity index (χ4v) is 9.98. The van der Waals surface area contributed by atoms with Gasteiger partial charge in [0.05, 0.1) is 34.9 Å². The molecule has 0 unspecified atom stereocenters. The van der Waals surface area contributed by atoms with Crippen molar-refractivity contribution in [2.75, 3.05) is 13.7 Å². The number of carbonyl (C=O) groups is 2. The van der Waals surface area contributed by atoms with E-state index in [2.05, 4.69) is 6.92 Å². The van der Waals surface area contributed by atoms with E-state index in [0.29, 0.717) is 51.6 Å². The number of aliphatic hydroxyl groups is 3. The van der Waals surface area contributed by atoms with Gasteiger partial charge in [0.1, 0.15) is 19.0 Å². The number of aldehydes is 1. The van der Waals surface area contributed by atoms with Gasteiger partial charge in [-0.15, -0.1) is 0 Å². The van der Waals surface area contributed by atoms with Crippen molar-refractivity contribution in [2.45, 2.75) is 120 Å².